The van der Waals surface area contributed by atoms with E-state index >= 15 is 0 Å². The third-order valence-electron chi connectivity index (χ3n) is 5.37. The minimum atomic E-state index is -0.655. The van der Waals surface area contributed by atoms with E-state index < -0.39 is 11.9 Å². The van der Waals surface area contributed by atoms with E-state index in [1.807, 2.05) is 31.2 Å². The van der Waals surface area contributed by atoms with Crippen molar-refractivity contribution >= 4 is 45.9 Å². The predicted octanol–water partition coefficient (Wildman–Crippen LogP) is 4.19. The summed E-state index contributed by atoms with van der Waals surface area (Å²) in [5, 5.41) is 11.9. The molecule has 36 heavy (non-hydrogen) atoms. The number of aromatic nitrogens is 3. The maximum atomic E-state index is 12.7. The summed E-state index contributed by atoms with van der Waals surface area (Å²) in [6.45, 7) is 5.57. The summed E-state index contributed by atoms with van der Waals surface area (Å²) < 4.78 is 17.3. The second-order valence-electron chi connectivity index (χ2n) is 7.74. The molecule has 0 bridgehead atoms. The number of hydrogen-bond donors (Lipinski definition) is 1. The molecule has 0 spiro atoms. The first-order chi connectivity index (χ1) is 17.2. The van der Waals surface area contributed by atoms with E-state index in [9.17, 15) is 14.4 Å². The Morgan fingerprint density at radius 3 is 2.39 bits per heavy atom. The van der Waals surface area contributed by atoms with Crippen LogP contribution >= 0.6 is 23.1 Å². The van der Waals surface area contributed by atoms with Crippen LogP contribution in [0.1, 0.15) is 56.9 Å². The number of hydrogen-bond acceptors (Lipinski definition) is 10. The first-order valence-electron chi connectivity index (χ1n) is 11.1. The van der Waals surface area contributed by atoms with E-state index in [1.54, 1.807) is 18.5 Å². The standard InChI is InChI=1S/C24H28N4O6S2/c1-7-15-8-10-16(11-9-15)34-14(3)20-26-27-24(28(20)4)35-12-17(29)25-21-18(22(30)32-5)13(2)19(36-21)23(31)33-6/h8-11,14H,7,12H2,1-6H3,(H,25,29). The minimum Gasteiger partial charge on any atom is -0.483 e. The van der Waals surface area contributed by atoms with E-state index in [0.29, 0.717) is 16.5 Å². The molecule has 3 aromatic rings. The maximum Gasteiger partial charge on any atom is 0.348 e. The molecule has 1 unspecified atom stereocenters. The molecule has 192 valence electrons. The van der Waals surface area contributed by atoms with Gasteiger partial charge >= 0.3 is 11.9 Å². The zero-order valence-electron chi connectivity index (χ0n) is 20.9. The van der Waals surface area contributed by atoms with Crippen LogP contribution in [-0.4, -0.2) is 52.6 Å². The number of carbonyl (C=O) groups excluding carboxylic acids is 3. The Labute approximate surface area is 217 Å². The molecule has 0 radical (unpaired) electrons. The van der Waals surface area contributed by atoms with Gasteiger partial charge < -0.3 is 24.1 Å². The molecule has 1 amide bonds. The Morgan fingerprint density at radius 2 is 1.78 bits per heavy atom. The third kappa shape index (κ3) is 6.05. The van der Waals surface area contributed by atoms with Gasteiger partial charge in [0.05, 0.1) is 25.5 Å². The molecule has 0 fully saturated rings. The van der Waals surface area contributed by atoms with E-state index in [2.05, 4.69) is 22.4 Å². The van der Waals surface area contributed by atoms with Crippen LogP contribution in [-0.2, 0) is 27.7 Å². The van der Waals surface area contributed by atoms with Crippen LogP contribution in [0.15, 0.2) is 29.4 Å². The molecule has 0 saturated heterocycles. The number of thioether (sulfide) groups is 1. The number of nitrogens with zero attached hydrogens (tertiary/aromatic N) is 3. The topological polar surface area (TPSA) is 122 Å². The monoisotopic (exact) mass is 532 g/mol. The van der Waals surface area contributed by atoms with Gasteiger partial charge in [-0.1, -0.05) is 30.8 Å². The summed E-state index contributed by atoms with van der Waals surface area (Å²) in [5.74, 6) is -0.282. The Morgan fingerprint density at radius 1 is 1.11 bits per heavy atom. The number of nitrogens with one attached hydrogen (secondary N) is 1. The van der Waals surface area contributed by atoms with Crippen LogP contribution in [0.4, 0.5) is 5.00 Å². The van der Waals surface area contributed by atoms with Crippen molar-refractivity contribution < 1.29 is 28.6 Å². The van der Waals surface area contributed by atoms with Crippen LogP contribution in [0.3, 0.4) is 0 Å². The van der Waals surface area contributed by atoms with Gasteiger partial charge in [0.25, 0.3) is 0 Å². The van der Waals surface area contributed by atoms with E-state index in [-0.39, 0.29) is 33.2 Å². The zero-order chi connectivity index (χ0) is 26.4. The predicted molar refractivity (Wildman–Crippen MR) is 137 cm³/mol. The highest BCUT2D eigenvalue weighted by Gasteiger charge is 2.27. The van der Waals surface area contributed by atoms with Crippen LogP contribution in [0.2, 0.25) is 0 Å². The highest BCUT2D eigenvalue weighted by atomic mass is 32.2. The normalized spacial score (nSPS) is 11.6. The average molecular weight is 533 g/mol. The number of esters is 2. The van der Waals surface area contributed by atoms with Crippen molar-refractivity contribution in [2.45, 2.75) is 38.5 Å². The van der Waals surface area contributed by atoms with Gasteiger partial charge in [0, 0.05) is 7.05 Å². The molecular weight excluding hydrogens is 504 g/mol. The number of rotatable bonds is 10. The third-order valence-corrected chi connectivity index (χ3v) is 7.58. The lowest BCUT2D eigenvalue weighted by molar-refractivity contribution is -0.113. The van der Waals surface area contributed by atoms with E-state index in [4.69, 9.17) is 14.2 Å². The Bertz CT molecular complexity index is 1250. The molecule has 0 aliphatic heterocycles. The van der Waals surface area contributed by atoms with Crippen LogP contribution in [0.25, 0.3) is 0 Å². The molecule has 0 aliphatic carbocycles. The lowest BCUT2D eigenvalue weighted by atomic mass is 10.1. The number of aryl methyl sites for hydroxylation is 1. The summed E-state index contributed by atoms with van der Waals surface area (Å²) >= 11 is 2.14. The molecule has 12 heteroatoms. The fourth-order valence-corrected chi connectivity index (χ4v) is 5.24. The second-order valence-corrected chi connectivity index (χ2v) is 9.70. The number of carbonyl (C=O) groups is 3. The van der Waals surface area contributed by atoms with Crippen LogP contribution in [0.5, 0.6) is 5.75 Å². The molecule has 2 heterocycles. The van der Waals surface area contributed by atoms with Gasteiger partial charge in [-0.15, -0.1) is 21.5 Å². The zero-order valence-corrected chi connectivity index (χ0v) is 22.5. The highest BCUT2D eigenvalue weighted by Crippen LogP contribution is 2.34. The van der Waals surface area contributed by atoms with Gasteiger partial charge in [-0.05, 0) is 43.5 Å². The SMILES string of the molecule is CCc1ccc(OC(C)c2nnc(SCC(=O)Nc3sc(C(=O)OC)c(C)c3C(=O)OC)n2C)cc1. The Balaban J connectivity index is 1.66. The van der Waals surface area contributed by atoms with E-state index in [0.717, 1.165) is 23.5 Å². The fraction of sp³-hybridized carbons (Fsp3) is 0.375. The lowest BCUT2D eigenvalue weighted by Gasteiger charge is -2.14. The largest absolute Gasteiger partial charge is 0.483 e. The van der Waals surface area contributed by atoms with Gasteiger partial charge in [-0.25, -0.2) is 9.59 Å². The summed E-state index contributed by atoms with van der Waals surface area (Å²) in [7, 11) is 4.28. The van der Waals surface area contributed by atoms with Gasteiger partial charge in [-0.3, -0.25) is 4.79 Å². The number of methoxy groups -OCH3 is 2. The van der Waals surface area contributed by atoms with Crippen LogP contribution < -0.4 is 10.1 Å². The number of benzene rings is 1. The highest BCUT2D eigenvalue weighted by molar-refractivity contribution is 7.99. The first-order valence-corrected chi connectivity index (χ1v) is 12.9. The van der Waals surface area contributed by atoms with Crippen molar-refractivity contribution in [3.63, 3.8) is 0 Å². The molecule has 2 aromatic heterocycles. The first kappa shape index (κ1) is 27.2. The van der Waals surface area contributed by atoms with E-state index in [1.165, 1.54) is 31.5 Å². The second kappa shape index (κ2) is 12.0. The molecule has 1 aromatic carbocycles. The molecule has 0 aliphatic rings. The van der Waals surface area contributed by atoms with Crippen LogP contribution in [0, 0.1) is 6.92 Å². The fourth-order valence-electron chi connectivity index (χ4n) is 3.40. The number of thiophene rings is 1. The van der Waals surface area contributed by atoms with Gasteiger partial charge in [0.15, 0.2) is 17.1 Å². The van der Waals surface area contributed by atoms with Gasteiger partial charge in [0.2, 0.25) is 5.91 Å². The number of anilines is 1. The number of amides is 1. The average Bonchev–Trinajstić information content (AvgIpc) is 3.41. The van der Waals surface area contributed by atoms with Gasteiger partial charge in [-0.2, -0.15) is 0 Å². The Kier molecular flexibility index (Phi) is 9.10. The summed E-state index contributed by atoms with van der Waals surface area (Å²) in [6, 6.07) is 7.89. The summed E-state index contributed by atoms with van der Waals surface area (Å²) in [6.07, 6.45) is 0.599. The van der Waals surface area contributed by atoms with Crippen molar-refractivity contribution in [3.05, 3.63) is 51.7 Å². The molecule has 3 rings (SSSR count). The summed E-state index contributed by atoms with van der Waals surface area (Å²) in [4.78, 5) is 37.2. The minimum absolute atomic E-state index is 0.00477. The molecular formula is C24H28N4O6S2. The number of ether oxygens (including phenoxy) is 3. The lowest BCUT2D eigenvalue weighted by Crippen LogP contribution is -2.16. The smallest absolute Gasteiger partial charge is 0.348 e. The van der Waals surface area contributed by atoms with Crippen molar-refractivity contribution in [2.75, 3.05) is 25.3 Å². The van der Waals surface area contributed by atoms with Crippen molar-refractivity contribution in [2.24, 2.45) is 7.05 Å². The molecule has 1 N–H and O–H groups in total. The maximum absolute atomic E-state index is 12.7. The molecule has 0 saturated carbocycles. The van der Waals surface area contributed by atoms with Crippen molar-refractivity contribution in [1.82, 2.24) is 14.8 Å². The summed E-state index contributed by atoms with van der Waals surface area (Å²) in [5.41, 5.74) is 1.74. The van der Waals surface area contributed by atoms with Crippen molar-refractivity contribution in [3.8, 4) is 5.75 Å². The quantitative estimate of drug-likeness (QED) is 0.302. The van der Waals surface area contributed by atoms with Crippen molar-refractivity contribution in [1.29, 1.82) is 0 Å². The van der Waals surface area contributed by atoms with Gasteiger partial charge in [0.1, 0.15) is 15.6 Å². The molecule has 10 nitrogen and oxygen atoms in total. The molecule has 1 atom stereocenters. The Hall–Kier alpha value is -3.38.